The highest BCUT2D eigenvalue weighted by Gasteiger charge is 2.17. The van der Waals surface area contributed by atoms with Crippen LogP contribution in [-0.2, 0) is 6.54 Å². The first-order chi connectivity index (χ1) is 10.3. The largest absolute Gasteiger partial charge is 0.497 e. The van der Waals surface area contributed by atoms with Gasteiger partial charge in [-0.2, -0.15) is 0 Å². The summed E-state index contributed by atoms with van der Waals surface area (Å²) < 4.78 is 10.8. The van der Waals surface area contributed by atoms with Crippen LogP contribution in [0.15, 0.2) is 18.2 Å². The van der Waals surface area contributed by atoms with Crippen LogP contribution >= 0.6 is 0 Å². The molecule has 1 N–H and O–H groups in total. The van der Waals surface area contributed by atoms with Gasteiger partial charge in [0.1, 0.15) is 11.5 Å². The van der Waals surface area contributed by atoms with Crippen LogP contribution in [0.5, 0.6) is 11.5 Å². The molecule has 1 aromatic carbocycles. The van der Waals surface area contributed by atoms with Gasteiger partial charge in [0.15, 0.2) is 0 Å². The minimum absolute atomic E-state index is 0.815. The summed E-state index contributed by atoms with van der Waals surface area (Å²) in [7, 11) is 3.41. The summed E-state index contributed by atoms with van der Waals surface area (Å²) in [5.74, 6) is 2.57. The first-order valence-corrected chi connectivity index (χ1v) is 7.90. The molecule has 4 nitrogen and oxygen atoms in total. The van der Waals surface area contributed by atoms with E-state index in [0.717, 1.165) is 43.6 Å². The molecule has 1 aliphatic rings. The lowest BCUT2D eigenvalue weighted by atomic mass is 9.97. The zero-order valence-corrected chi connectivity index (χ0v) is 13.5. The van der Waals surface area contributed by atoms with E-state index in [-0.39, 0.29) is 0 Å². The van der Waals surface area contributed by atoms with E-state index in [9.17, 15) is 0 Å². The van der Waals surface area contributed by atoms with E-state index in [1.165, 1.54) is 24.9 Å². The van der Waals surface area contributed by atoms with Crippen LogP contribution in [0.1, 0.15) is 25.3 Å². The minimum atomic E-state index is 0.815. The number of methoxy groups -OCH3 is 2. The third-order valence-electron chi connectivity index (χ3n) is 4.31. The van der Waals surface area contributed by atoms with Crippen molar-refractivity contribution in [1.29, 1.82) is 0 Å². The van der Waals surface area contributed by atoms with Crippen LogP contribution in [0.25, 0.3) is 0 Å². The monoisotopic (exact) mass is 292 g/mol. The Hall–Kier alpha value is -1.26. The molecule has 0 amide bonds. The van der Waals surface area contributed by atoms with E-state index in [2.05, 4.69) is 23.2 Å². The molecule has 0 radical (unpaired) electrons. The second-order valence-corrected chi connectivity index (χ2v) is 5.70. The van der Waals surface area contributed by atoms with Crippen molar-refractivity contribution in [3.8, 4) is 11.5 Å². The van der Waals surface area contributed by atoms with E-state index in [0.29, 0.717) is 0 Å². The van der Waals surface area contributed by atoms with Crippen LogP contribution in [0, 0.1) is 5.92 Å². The van der Waals surface area contributed by atoms with Gasteiger partial charge in [-0.15, -0.1) is 0 Å². The van der Waals surface area contributed by atoms with Crippen molar-refractivity contribution in [2.75, 3.05) is 40.4 Å². The maximum atomic E-state index is 5.51. The van der Waals surface area contributed by atoms with Gasteiger partial charge < -0.3 is 14.8 Å². The van der Waals surface area contributed by atoms with Crippen molar-refractivity contribution < 1.29 is 9.47 Å². The molecule has 1 aliphatic heterocycles. The fourth-order valence-electron chi connectivity index (χ4n) is 2.96. The Balaban J connectivity index is 2.00. The summed E-state index contributed by atoms with van der Waals surface area (Å²) in [6, 6.07) is 6.09. The summed E-state index contributed by atoms with van der Waals surface area (Å²) >= 11 is 0. The maximum Gasteiger partial charge on any atom is 0.127 e. The molecule has 0 spiro atoms. The molecule has 1 heterocycles. The van der Waals surface area contributed by atoms with Gasteiger partial charge in [0.2, 0.25) is 0 Å². The lowest BCUT2D eigenvalue weighted by molar-refractivity contribution is 0.205. The third kappa shape index (κ3) is 4.61. The number of hydrogen-bond acceptors (Lipinski definition) is 4. The van der Waals surface area contributed by atoms with Crippen LogP contribution in [-0.4, -0.2) is 45.3 Å². The summed E-state index contributed by atoms with van der Waals surface area (Å²) in [5.41, 5.74) is 1.23. The van der Waals surface area contributed by atoms with Gasteiger partial charge in [-0.05, 0) is 44.5 Å². The second kappa shape index (κ2) is 8.25. The Morgan fingerprint density at radius 3 is 2.57 bits per heavy atom. The van der Waals surface area contributed by atoms with Gasteiger partial charge in [-0.1, -0.05) is 13.0 Å². The zero-order chi connectivity index (χ0) is 15.1. The molecule has 4 heteroatoms. The minimum Gasteiger partial charge on any atom is -0.497 e. The van der Waals surface area contributed by atoms with Crippen molar-refractivity contribution in [3.63, 3.8) is 0 Å². The molecule has 2 rings (SSSR count). The number of piperidine rings is 1. The Bertz CT molecular complexity index is 431. The topological polar surface area (TPSA) is 33.7 Å². The van der Waals surface area contributed by atoms with E-state index in [1.807, 2.05) is 12.1 Å². The molecule has 0 unspecified atom stereocenters. The summed E-state index contributed by atoms with van der Waals surface area (Å²) in [5, 5.41) is 3.43. The Morgan fingerprint density at radius 1 is 1.19 bits per heavy atom. The highest BCUT2D eigenvalue weighted by molar-refractivity contribution is 5.40. The first-order valence-electron chi connectivity index (χ1n) is 7.90. The molecule has 1 aromatic rings. The van der Waals surface area contributed by atoms with Crippen LogP contribution in [0.4, 0.5) is 0 Å². The number of nitrogens with zero attached hydrogens (tertiary/aromatic N) is 1. The van der Waals surface area contributed by atoms with E-state index in [4.69, 9.17) is 9.47 Å². The molecule has 21 heavy (non-hydrogen) atoms. The lowest BCUT2D eigenvalue weighted by Gasteiger charge is -2.29. The molecule has 1 fully saturated rings. The van der Waals surface area contributed by atoms with Crippen molar-refractivity contribution in [1.82, 2.24) is 10.2 Å². The maximum absolute atomic E-state index is 5.51. The quantitative estimate of drug-likeness (QED) is 0.837. The van der Waals surface area contributed by atoms with Crippen LogP contribution in [0.2, 0.25) is 0 Å². The Morgan fingerprint density at radius 2 is 1.95 bits per heavy atom. The standard InChI is InChI=1S/C17H28N2O2/c1-4-19(12-14-7-9-18-10-8-14)13-15-5-6-16(20-2)11-17(15)21-3/h5-6,11,14,18H,4,7-10,12-13H2,1-3H3. The van der Waals surface area contributed by atoms with E-state index < -0.39 is 0 Å². The number of nitrogens with one attached hydrogen (secondary N) is 1. The SMILES string of the molecule is CCN(Cc1ccc(OC)cc1OC)CC1CCNCC1. The smallest absolute Gasteiger partial charge is 0.127 e. The molecule has 0 aliphatic carbocycles. The van der Waals surface area contributed by atoms with Crippen molar-refractivity contribution in [3.05, 3.63) is 23.8 Å². The van der Waals surface area contributed by atoms with Gasteiger partial charge in [0.05, 0.1) is 14.2 Å². The van der Waals surface area contributed by atoms with Gasteiger partial charge in [0, 0.05) is 24.7 Å². The molecule has 1 saturated heterocycles. The van der Waals surface area contributed by atoms with E-state index in [1.54, 1.807) is 14.2 Å². The number of rotatable bonds is 7. The summed E-state index contributed by atoms with van der Waals surface area (Å²) in [6.07, 6.45) is 2.58. The fraction of sp³-hybridized carbons (Fsp3) is 0.647. The normalized spacial score (nSPS) is 16.2. The van der Waals surface area contributed by atoms with Crippen LogP contribution < -0.4 is 14.8 Å². The van der Waals surface area contributed by atoms with E-state index >= 15 is 0 Å². The number of ether oxygens (including phenoxy) is 2. The summed E-state index contributed by atoms with van der Waals surface area (Å²) in [6.45, 7) is 7.74. The molecule has 0 bridgehead atoms. The molecule has 0 aromatic heterocycles. The van der Waals surface area contributed by atoms with Crippen molar-refractivity contribution >= 4 is 0 Å². The highest BCUT2D eigenvalue weighted by atomic mass is 16.5. The number of hydrogen-bond donors (Lipinski definition) is 1. The predicted molar refractivity (Wildman–Crippen MR) is 86.1 cm³/mol. The first kappa shape index (κ1) is 16.1. The van der Waals surface area contributed by atoms with Crippen molar-refractivity contribution in [2.45, 2.75) is 26.3 Å². The zero-order valence-electron chi connectivity index (χ0n) is 13.5. The Kier molecular flexibility index (Phi) is 6.33. The third-order valence-corrected chi connectivity index (χ3v) is 4.31. The molecule has 0 atom stereocenters. The Labute approximate surface area is 128 Å². The van der Waals surface area contributed by atoms with Crippen LogP contribution in [0.3, 0.4) is 0 Å². The lowest BCUT2D eigenvalue weighted by Crippen LogP contribution is -2.36. The molecular formula is C17H28N2O2. The van der Waals surface area contributed by atoms with Gasteiger partial charge in [0.25, 0.3) is 0 Å². The summed E-state index contributed by atoms with van der Waals surface area (Å²) in [4.78, 5) is 2.51. The predicted octanol–water partition coefficient (Wildman–Crippen LogP) is 2.53. The molecular weight excluding hydrogens is 264 g/mol. The van der Waals surface area contributed by atoms with Crippen molar-refractivity contribution in [2.24, 2.45) is 5.92 Å². The van der Waals surface area contributed by atoms with Gasteiger partial charge >= 0.3 is 0 Å². The second-order valence-electron chi connectivity index (χ2n) is 5.70. The van der Waals surface area contributed by atoms with Gasteiger partial charge in [-0.3, -0.25) is 4.90 Å². The molecule has 0 saturated carbocycles. The number of benzene rings is 1. The fourth-order valence-corrected chi connectivity index (χ4v) is 2.96. The highest BCUT2D eigenvalue weighted by Crippen LogP contribution is 2.26. The average Bonchev–Trinajstić information content (AvgIpc) is 2.55. The molecule has 118 valence electrons. The average molecular weight is 292 g/mol. The van der Waals surface area contributed by atoms with Gasteiger partial charge in [-0.25, -0.2) is 0 Å².